The summed E-state index contributed by atoms with van der Waals surface area (Å²) in [5.41, 5.74) is 0.408. The van der Waals surface area contributed by atoms with E-state index in [0.717, 1.165) is 6.07 Å². The number of rotatable bonds is 4. The van der Waals surface area contributed by atoms with Crippen molar-refractivity contribution in [1.82, 2.24) is 5.32 Å². The van der Waals surface area contributed by atoms with Crippen molar-refractivity contribution in [3.8, 4) is 0 Å². The van der Waals surface area contributed by atoms with Crippen LogP contribution in [-0.2, 0) is 19.4 Å². The molecule has 2 atom stereocenters. The fraction of sp³-hybridized carbons (Fsp3) is 0.467. The maximum Gasteiger partial charge on any atom is 0.339 e. The van der Waals surface area contributed by atoms with Gasteiger partial charge in [-0.15, -0.1) is 0 Å². The Morgan fingerprint density at radius 3 is 2.65 bits per heavy atom. The number of halogens is 1. The summed E-state index contributed by atoms with van der Waals surface area (Å²) in [6.45, 7) is 2.94. The van der Waals surface area contributed by atoms with Gasteiger partial charge in [0.15, 0.2) is 15.9 Å². The van der Waals surface area contributed by atoms with Gasteiger partial charge in [0.2, 0.25) is 0 Å². The standard InChI is InChI=1S/C15H18FNO5S/c1-9-3-4-11(7-13(9)16)15(19)22-10(2)14(18)17-12-5-6-23(20,21)8-12/h3-4,7,10,12H,5-6,8H2,1-2H3,(H,17,18)/t10-,12+/m1/s1. The van der Waals surface area contributed by atoms with Gasteiger partial charge in [0.1, 0.15) is 5.82 Å². The molecule has 1 heterocycles. The smallest absolute Gasteiger partial charge is 0.339 e. The summed E-state index contributed by atoms with van der Waals surface area (Å²) in [5.74, 6) is -2.00. The van der Waals surface area contributed by atoms with Gasteiger partial charge in [-0.05, 0) is 38.0 Å². The van der Waals surface area contributed by atoms with Gasteiger partial charge in [0, 0.05) is 6.04 Å². The van der Waals surface area contributed by atoms with Gasteiger partial charge in [-0.2, -0.15) is 0 Å². The minimum atomic E-state index is -3.11. The number of amides is 1. The van der Waals surface area contributed by atoms with Crippen molar-refractivity contribution in [2.75, 3.05) is 11.5 Å². The second-order valence-electron chi connectivity index (χ2n) is 5.62. The molecule has 1 aromatic rings. The van der Waals surface area contributed by atoms with Crippen LogP contribution >= 0.6 is 0 Å². The molecule has 2 rings (SSSR count). The van der Waals surface area contributed by atoms with Crippen molar-refractivity contribution in [2.45, 2.75) is 32.4 Å². The zero-order valence-electron chi connectivity index (χ0n) is 12.8. The molecule has 126 valence electrons. The van der Waals surface area contributed by atoms with Crippen molar-refractivity contribution in [2.24, 2.45) is 0 Å². The van der Waals surface area contributed by atoms with E-state index in [1.165, 1.54) is 19.1 Å². The van der Waals surface area contributed by atoms with Crippen molar-refractivity contribution < 1.29 is 27.1 Å². The molecule has 1 N–H and O–H groups in total. The minimum Gasteiger partial charge on any atom is -0.449 e. The summed E-state index contributed by atoms with van der Waals surface area (Å²) in [6, 6.07) is 3.44. The lowest BCUT2D eigenvalue weighted by Crippen LogP contribution is -2.42. The van der Waals surface area contributed by atoms with E-state index < -0.39 is 39.7 Å². The van der Waals surface area contributed by atoms with Crippen LogP contribution in [0.25, 0.3) is 0 Å². The molecule has 23 heavy (non-hydrogen) atoms. The fourth-order valence-electron chi connectivity index (χ4n) is 2.23. The number of esters is 1. The zero-order chi connectivity index (χ0) is 17.2. The number of hydrogen-bond donors (Lipinski definition) is 1. The number of nitrogens with one attached hydrogen (secondary N) is 1. The van der Waals surface area contributed by atoms with Crippen LogP contribution in [0.15, 0.2) is 18.2 Å². The molecule has 1 saturated heterocycles. The van der Waals surface area contributed by atoms with E-state index in [2.05, 4.69) is 5.32 Å². The highest BCUT2D eigenvalue weighted by molar-refractivity contribution is 7.91. The van der Waals surface area contributed by atoms with Gasteiger partial charge in [0.25, 0.3) is 5.91 Å². The summed E-state index contributed by atoms with van der Waals surface area (Å²) >= 11 is 0. The molecule has 0 aromatic heterocycles. The Morgan fingerprint density at radius 1 is 1.39 bits per heavy atom. The molecular weight excluding hydrogens is 325 g/mol. The Bertz CT molecular complexity index is 731. The number of benzene rings is 1. The third kappa shape index (κ3) is 4.51. The number of ether oxygens (including phenoxy) is 1. The maximum atomic E-state index is 13.4. The normalized spacial score (nSPS) is 20.7. The Morgan fingerprint density at radius 2 is 2.09 bits per heavy atom. The topological polar surface area (TPSA) is 89.5 Å². The summed E-state index contributed by atoms with van der Waals surface area (Å²) in [6.07, 6.45) is -0.757. The largest absolute Gasteiger partial charge is 0.449 e. The van der Waals surface area contributed by atoms with E-state index in [1.54, 1.807) is 6.92 Å². The minimum absolute atomic E-state index is 0.0104. The molecular formula is C15H18FNO5S. The maximum absolute atomic E-state index is 13.4. The third-order valence-corrected chi connectivity index (χ3v) is 5.41. The molecule has 0 radical (unpaired) electrons. The number of sulfone groups is 1. The predicted molar refractivity (Wildman–Crippen MR) is 81.2 cm³/mol. The van der Waals surface area contributed by atoms with Crippen LogP contribution in [0.2, 0.25) is 0 Å². The van der Waals surface area contributed by atoms with Gasteiger partial charge in [0.05, 0.1) is 17.1 Å². The molecule has 0 saturated carbocycles. The first-order chi connectivity index (χ1) is 10.7. The molecule has 0 unspecified atom stereocenters. The second-order valence-corrected chi connectivity index (χ2v) is 7.85. The first kappa shape index (κ1) is 17.4. The van der Waals surface area contributed by atoms with E-state index in [1.807, 2.05) is 0 Å². The second kappa shape index (κ2) is 6.66. The van der Waals surface area contributed by atoms with Crippen LogP contribution in [0.1, 0.15) is 29.3 Å². The molecule has 1 amide bonds. The third-order valence-electron chi connectivity index (χ3n) is 3.64. The number of aryl methyl sites for hydroxylation is 1. The van der Waals surface area contributed by atoms with Gasteiger partial charge in [-0.1, -0.05) is 6.07 Å². The summed E-state index contributed by atoms with van der Waals surface area (Å²) in [4.78, 5) is 23.8. The van der Waals surface area contributed by atoms with Crippen molar-refractivity contribution in [3.05, 3.63) is 35.1 Å². The molecule has 6 nitrogen and oxygen atoms in total. The lowest BCUT2D eigenvalue weighted by molar-refractivity contribution is -0.129. The van der Waals surface area contributed by atoms with E-state index >= 15 is 0 Å². The van der Waals surface area contributed by atoms with Gasteiger partial charge in [-0.25, -0.2) is 17.6 Å². The quantitative estimate of drug-likeness (QED) is 0.823. The van der Waals surface area contributed by atoms with E-state index in [9.17, 15) is 22.4 Å². The summed E-state index contributed by atoms with van der Waals surface area (Å²) in [5, 5.41) is 2.54. The van der Waals surface area contributed by atoms with Crippen LogP contribution in [0.3, 0.4) is 0 Å². The van der Waals surface area contributed by atoms with Gasteiger partial charge in [-0.3, -0.25) is 4.79 Å². The highest BCUT2D eigenvalue weighted by Crippen LogP contribution is 2.13. The first-order valence-corrected chi connectivity index (χ1v) is 8.98. The Balaban J connectivity index is 1.92. The molecule has 1 fully saturated rings. The number of hydrogen-bond acceptors (Lipinski definition) is 5. The Labute approximate surface area is 133 Å². The lowest BCUT2D eigenvalue weighted by atomic mass is 10.1. The predicted octanol–water partition coefficient (Wildman–Crippen LogP) is 0.983. The molecule has 0 spiro atoms. The van der Waals surface area contributed by atoms with Crippen molar-refractivity contribution in [1.29, 1.82) is 0 Å². The highest BCUT2D eigenvalue weighted by Gasteiger charge is 2.30. The van der Waals surface area contributed by atoms with E-state index in [-0.39, 0.29) is 17.1 Å². The molecule has 0 bridgehead atoms. The van der Waals surface area contributed by atoms with Gasteiger partial charge >= 0.3 is 5.97 Å². The Hall–Kier alpha value is -1.96. The van der Waals surface area contributed by atoms with Gasteiger partial charge < -0.3 is 10.1 Å². The summed E-state index contributed by atoms with van der Waals surface area (Å²) < 4.78 is 41.1. The van der Waals surface area contributed by atoms with E-state index in [4.69, 9.17) is 4.74 Å². The molecule has 1 aromatic carbocycles. The number of carbonyl (C=O) groups excluding carboxylic acids is 2. The SMILES string of the molecule is Cc1ccc(C(=O)O[C@H](C)C(=O)N[C@H]2CCS(=O)(=O)C2)cc1F. The fourth-order valence-corrected chi connectivity index (χ4v) is 3.90. The zero-order valence-corrected chi connectivity index (χ0v) is 13.7. The van der Waals surface area contributed by atoms with E-state index in [0.29, 0.717) is 12.0 Å². The molecule has 1 aliphatic rings. The molecule has 8 heteroatoms. The Kier molecular flexibility index (Phi) is 5.03. The number of carbonyl (C=O) groups is 2. The first-order valence-electron chi connectivity index (χ1n) is 7.16. The van der Waals surface area contributed by atoms with Crippen molar-refractivity contribution >= 4 is 21.7 Å². The van der Waals surface area contributed by atoms with Crippen LogP contribution in [-0.4, -0.2) is 43.9 Å². The van der Waals surface area contributed by atoms with Crippen molar-refractivity contribution in [3.63, 3.8) is 0 Å². The van der Waals surface area contributed by atoms with Crippen LogP contribution in [0.4, 0.5) is 4.39 Å². The van der Waals surface area contributed by atoms with Crippen LogP contribution in [0.5, 0.6) is 0 Å². The summed E-state index contributed by atoms with van der Waals surface area (Å²) in [7, 11) is -3.11. The average molecular weight is 343 g/mol. The average Bonchev–Trinajstić information content (AvgIpc) is 2.80. The highest BCUT2D eigenvalue weighted by atomic mass is 32.2. The monoisotopic (exact) mass is 343 g/mol. The molecule has 1 aliphatic heterocycles. The van der Waals surface area contributed by atoms with Crippen LogP contribution in [0, 0.1) is 12.7 Å². The molecule has 0 aliphatic carbocycles. The van der Waals surface area contributed by atoms with Crippen LogP contribution < -0.4 is 5.32 Å². The lowest BCUT2D eigenvalue weighted by Gasteiger charge is -2.16.